The summed E-state index contributed by atoms with van der Waals surface area (Å²) in [7, 11) is 0. The van der Waals surface area contributed by atoms with Crippen molar-refractivity contribution in [1.29, 1.82) is 0 Å². The van der Waals surface area contributed by atoms with Gasteiger partial charge in [-0.2, -0.15) is 5.10 Å². The van der Waals surface area contributed by atoms with Gasteiger partial charge in [0.25, 0.3) is 0 Å². The van der Waals surface area contributed by atoms with Crippen LogP contribution in [0.15, 0.2) is 16.7 Å². The van der Waals surface area contributed by atoms with Gasteiger partial charge in [0, 0.05) is 22.3 Å². The van der Waals surface area contributed by atoms with E-state index < -0.39 is 0 Å². The first-order valence-corrected chi connectivity index (χ1v) is 10.0. The molecule has 0 radical (unpaired) electrons. The fourth-order valence-electron chi connectivity index (χ4n) is 2.90. The third kappa shape index (κ3) is 3.53. The summed E-state index contributed by atoms with van der Waals surface area (Å²) in [4.78, 5) is 0. The Morgan fingerprint density at radius 1 is 1.32 bits per heavy atom. The predicted octanol–water partition coefficient (Wildman–Crippen LogP) is 5.87. The Balaban J connectivity index is 1.94. The maximum Gasteiger partial charge on any atom is 0.150 e. The van der Waals surface area contributed by atoms with E-state index in [0.29, 0.717) is 0 Å². The lowest BCUT2D eigenvalue weighted by molar-refractivity contribution is -0.0368. The Labute approximate surface area is 152 Å². The molecule has 2 heterocycles. The molecular formula is C16H19Br2ClN2O. The number of alkyl halides is 1. The largest absolute Gasteiger partial charge is 0.356 e. The molecule has 1 aliphatic heterocycles. The minimum Gasteiger partial charge on any atom is -0.356 e. The van der Waals surface area contributed by atoms with Crippen molar-refractivity contribution in [3.63, 3.8) is 0 Å². The van der Waals surface area contributed by atoms with Crippen LogP contribution in [0.1, 0.15) is 43.9 Å². The highest BCUT2D eigenvalue weighted by Gasteiger charge is 2.21. The molecule has 3 rings (SSSR count). The van der Waals surface area contributed by atoms with Crippen molar-refractivity contribution in [1.82, 2.24) is 9.78 Å². The summed E-state index contributed by atoms with van der Waals surface area (Å²) in [5.41, 5.74) is 2.24. The highest BCUT2D eigenvalue weighted by atomic mass is 79.9. The Morgan fingerprint density at radius 3 is 2.91 bits per heavy atom. The molecule has 3 nitrogen and oxygen atoms in total. The smallest absolute Gasteiger partial charge is 0.150 e. The van der Waals surface area contributed by atoms with Gasteiger partial charge < -0.3 is 4.74 Å². The van der Waals surface area contributed by atoms with Crippen molar-refractivity contribution in [3.05, 3.63) is 27.3 Å². The van der Waals surface area contributed by atoms with Gasteiger partial charge in [-0.15, -0.1) is 0 Å². The van der Waals surface area contributed by atoms with Gasteiger partial charge in [0.15, 0.2) is 6.23 Å². The SMILES string of the molecule is Clc1cc2c(cc1CCCCBr)c(Br)nn2C1CCCCO1. The van der Waals surface area contributed by atoms with Crippen LogP contribution in [-0.2, 0) is 11.2 Å². The van der Waals surface area contributed by atoms with Crippen molar-refractivity contribution < 1.29 is 4.74 Å². The number of halogens is 3. The van der Waals surface area contributed by atoms with E-state index in [4.69, 9.17) is 16.3 Å². The third-order valence-corrected chi connectivity index (χ3v) is 5.59. The molecule has 0 spiro atoms. The molecule has 1 fully saturated rings. The zero-order valence-corrected chi connectivity index (χ0v) is 16.3. The van der Waals surface area contributed by atoms with Crippen LogP contribution in [0.4, 0.5) is 0 Å². The van der Waals surface area contributed by atoms with Crippen LogP contribution in [-0.4, -0.2) is 21.7 Å². The number of benzene rings is 1. The second kappa shape index (κ2) is 7.65. The van der Waals surface area contributed by atoms with E-state index >= 15 is 0 Å². The lowest BCUT2D eigenvalue weighted by atomic mass is 10.1. The quantitative estimate of drug-likeness (QED) is 0.421. The van der Waals surface area contributed by atoms with Crippen molar-refractivity contribution in [2.75, 3.05) is 11.9 Å². The monoisotopic (exact) mass is 448 g/mol. The molecule has 22 heavy (non-hydrogen) atoms. The van der Waals surface area contributed by atoms with Gasteiger partial charge in [-0.1, -0.05) is 27.5 Å². The second-order valence-corrected chi connectivity index (χ2v) is 7.61. The fraction of sp³-hybridized carbons (Fsp3) is 0.562. The van der Waals surface area contributed by atoms with Crippen LogP contribution >= 0.6 is 43.5 Å². The Kier molecular flexibility index (Phi) is 5.82. The standard InChI is InChI=1S/C16H19Br2ClN2O/c17-7-3-1-5-11-9-12-14(10-13(11)19)21(20-16(12)18)15-6-2-4-8-22-15/h9-10,15H,1-8H2. The molecule has 6 heteroatoms. The van der Waals surface area contributed by atoms with E-state index in [1.54, 1.807) is 0 Å². The molecule has 0 amide bonds. The molecule has 1 saturated heterocycles. The van der Waals surface area contributed by atoms with Crippen molar-refractivity contribution in [2.24, 2.45) is 0 Å². The Morgan fingerprint density at radius 2 is 2.18 bits per heavy atom. The summed E-state index contributed by atoms with van der Waals surface area (Å²) >= 11 is 13.6. The molecule has 0 aliphatic carbocycles. The first-order valence-electron chi connectivity index (χ1n) is 7.74. The molecule has 1 aliphatic rings. The highest BCUT2D eigenvalue weighted by Crippen LogP contribution is 2.34. The molecule has 0 saturated carbocycles. The zero-order valence-electron chi connectivity index (χ0n) is 12.3. The molecule has 1 atom stereocenters. The number of aromatic nitrogens is 2. The molecule has 0 N–H and O–H groups in total. The molecule has 1 aromatic carbocycles. The fourth-order valence-corrected chi connectivity index (χ4v) is 4.04. The zero-order chi connectivity index (χ0) is 15.5. The number of hydrogen-bond acceptors (Lipinski definition) is 2. The van der Waals surface area contributed by atoms with Gasteiger partial charge in [0.2, 0.25) is 0 Å². The minimum atomic E-state index is 0.0258. The second-order valence-electron chi connectivity index (χ2n) is 5.66. The molecule has 2 aromatic rings. The minimum absolute atomic E-state index is 0.0258. The van der Waals surface area contributed by atoms with E-state index in [1.807, 2.05) is 10.7 Å². The van der Waals surface area contributed by atoms with Gasteiger partial charge in [0.05, 0.1) is 5.52 Å². The number of hydrogen-bond donors (Lipinski definition) is 0. The normalized spacial score (nSPS) is 19.0. The first kappa shape index (κ1) is 16.7. The van der Waals surface area contributed by atoms with Crippen LogP contribution in [0.2, 0.25) is 5.02 Å². The maximum atomic E-state index is 6.49. The van der Waals surface area contributed by atoms with E-state index in [-0.39, 0.29) is 6.23 Å². The van der Waals surface area contributed by atoms with Crippen LogP contribution in [0.5, 0.6) is 0 Å². The van der Waals surface area contributed by atoms with E-state index in [2.05, 4.69) is 43.0 Å². The Bertz CT molecular complexity index is 653. The van der Waals surface area contributed by atoms with Gasteiger partial charge in [-0.25, -0.2) is 4.68 Å². The van der Waals surface area contributed by atoms with E-state index in [9.17, 15) is 0 Å². The molecule has 0 bridgehead atoms. The number of nitrogens with zero attached hydrogens (tertiary/aromatic N) is 2. The van der Waals surface area contributed by atoms with Gasteiger partial charge in [-0.05, 0) is 72.2 Å². The van der Waals surface area contributed by atoms with Crippen molar-refractivity contribution in [2.45, 2.75) is 44.8 Å². The highest BCUT2D eigenvalue weighted by molar-refractivity contribution is 9.10. The lowest BCUT2D eigenvalue weighted by Gasteiger charge is -2.23. The number of rotatable bonds is 5. The van der Waals surface area contributed by atoms with Crippen molar-refractivity contribution >= 4 is 54.4 Å². The number of aryl methyl sites for hydroxylation is 1. The van der Waals surface area contributed by atoms with E-state index in [0.717, 1.165) is 64.6 Å². The lowest BCUT2D eigenvalue weighted by Crippen LogP contribution is -2.19. The third-order valence-electron chi connectivity index (χ3n) is 4.09. The molecule has 1 aromatic heterocycles. The van der Waals surface area contributed by atoms with Crippen molar-refractivity contribution in [3.8, 4) is 0 Å². The summed E-state index contributed by atoms with van der Waals surface area (Å²) < 4.78 is 8.72. The van der Waals surface area contributed by atoms with Gasteiger partial charge in [-0.3, -0.25) is 0 Å². The van der Waals surface area contributed by atoms with Crippen LogP contribution in [0.3, 0.4) is 0 Å². The molecule has 1 unspecified atom stereocenters. The summed E-state index contributed by atoms with van der Waals surface area (Å²) in [5.74, 6) is 0. The average Bonchev–Trinajstić information content (AvgIpc) is 2.85. The first-order chi connectivity index (χ1) is 10.7. The number of unbranched alkanes of at least 4 members (excludes halogenated alkanes) is 1. The van der Waals surface area contributed by atoms with Crippen LogP contribution in [0.25, 0.3) is 10.9 Å². The van der Waals surface area contributed by atoms with Crippen LogP contribution < -0.4 is 0 Å². The topological polar surface area (TPSA) is 27.1 Å². The van der Waals surface area contributed by atoms with Gasteiger partial charge in [0.1, 0.15) is 4.60 Å². The van der Waals surface area contributed by atoms with Gasteiger partial charge >= 0.3 is 0 Å². The molecular weight excluding hydrogens is 431 g/mol. The predicted molar refractivity (Wildman–Crippen MR) is 98.0 cm³/mol. The van der Waals surface area contributed by atoms with Crippen LogP contribution in [0, 0.1) is 0 Å². The molecule has 120 valence electrons. The summed E-state index contributed by atoms with van der Waals surface area (Å²) in [6.07, 6.45) is 6.64. The summed E-state index contributed by atoms with van der Waals surface area (Å²) in [6.45, 7) is 0.808. The van der Waals surface area contributed by atoms with E-state index in [1.165, 1.54) is 12.0 Å². The summed E-state index contributed by atoms with van der Waals surface area (Å²) in [6, 6.07) is 4.21. The maximum absolute atomic E-state index is 6.49. The summed E-state index contributed by atoms with van der Waals surface area (Å²) in [5, 5.41) is 7.61. The number of ether oxygens (including phenoxy) is 1. The number of fused-ring (bicyclic) bond motifs is 1. The average molecular weight is 451 g/mol. The Hall–Kier alpha value is -0.100.